The van der Waals surface area contributed by atoms with Crippen molar-refractivity contribution >= 4 is 5.84 Å². The van der Waals surface area contributed by atoms with E-state index in [1.807, 2.05) is 0 Å². The SMILES string of the molecule is CC1CC(C(C)(C)C)=CC(NCC2CCNCC2)=N1. The van der Waals surface area contributed by atoms with Crippen LogP contribution in [0.5, 0.6) is 0 Å². The van der Waals surface area contributed by atoms with Gasteiger partial charge in [-0.25, -0.2) is 0 Å². The molecule has 108 valence electrons. The van der Waals surface area contributed by atoms with Gasteiger partial charge in [0, 0.05) is 6.54 Å². The van der Waals surface area contributed by atoms with Gasteiger partial charge in [0.2, 0.25) is 0 Å². The molecule has 2 rings (SSSR count). The van der Waals surface area contributed by atoms with Crippen LogP contribution in [0.15, 0.2) is 16.6 Å². The van der Waals surface area contributed by atoms with Gasteiger partial charge in [0.1, 0.15) is 5.84 Å². The number of nitrogens with zero attached hydrogens (tertiary/aromatic N) is 1. The minimum absolute atomic E-state index is 0.256. The van der Waals surface area contributed by atoms with E-state index in [4.69, 9.17) is 4.99 Å². The highest BCUT2D eigenvalue weighted by atomic mass is 15.0. The summed E-state index contributed by atoms with van der Waals surface area (Å²) in [6, 6.07) is 0.412. The molecule has 0 amide bonds. The number of aliphatic imine (C=N–C) groups is 1. The second kappa shape index (κ2) is 6.08. The molecule has 0 aromatic heterocycles. The van der Waals surface area contributed by atoms with E-state index in [0.29, 0.717) is 6.04 Å². The number of amidine groups is 1. The van der Waals surface area contributed by atoms with Gasteiger partial charge in [-0.1, -0.05) is 26.3 Å². The quantitative estimate of drug-likeness (QED) is 0.803. The minimum Gasteiger partial charge on any atom is -0.370 e. The number of piperidine rings is 1. The van der Waals surface area contributed by atoms with Gasteiger partial charge in [-0.3, -0.25) is 4.99 Å². The second-order valence-electron chi connectivity index (χ2n) is 7.06. The van der Waals surface area contributed by atoms with E-state index >= 15 is 0 Å². The predicted octanol–water partition coefficient (Wildman–Crippen LogP) is 2.74. The predicted molar refractivity (Wildman–Crippen MR) is 82.6 cm³/mol. The molecule has 3 heteroatoms. The van der Waals surface area contributed by atoms with Crippen molar-refractivity contribution in [3.8, 4) is 0 Å². The molecule has 1 unspecified atom stereocenters. The summed E-state index contributed by atoms with van der Waals surface area (Å²) in [6.45, 7) is 12.5. The van der Waals surface area contributed by atoms with Crippen LogP contribution in [0.1, 0.15) is 47.0 Å². The lowest BCUT2D eigenvalue weighted by Gasteiger charge is -2.29. The van der Waals surface area contributed by atoms with E-state index < -0.39 is 0 Å². The van der Waals surface area contributed by atoms with Crippen LogP contribution in [0.4, 0.5) is 0 Å². The molecule has 3 nitrogen and oxygen atoms in total. The molecular formula is C16H29N3. The number of nitrogens with one attached hydrogen (secondary N) is 2. The Morgan fingerprint density at radius 2 is 2.00 bits per heavy atom. The summed E-state index contributed by atoms with van der Waals surface area (Å²) >= 11 is 0. The Hall–Kier alpha value is -0.830. The van der Waals surface area contributed by atoms with Gasteiger partial charge in [0.25, 0.3) is 0 Å². The fourth-order valence-electron chi connectivity index (χ4n) is 2.82. The maximum absolute atomic E-state index is 4.74. The smallest absolute Gasteiger partial charge is 0.121 e. The fourth-order valence-corrected chi connectivity index (χ4v) is 2.82. The van der Waals surface area contributed by atoms with Crippen LogP contribution in [-0.4, -0.2) is 31.5 Å². The monoisotopic (exact) mass is 263 g/mol. The molecule has 0 aromatic rings. The lowest BCUT2D eigenvalue weighted by molar-refractivity contribution is 0.372. The topological polar surface area (TPSA) is 36.4 Å². The number of hydrogen-bond acceptors (Lipinski definition) is 3. The van der Waals surface area contributed by atoms with Gasteiger partial charge in [-0.05, 0) is 56.7 Å². The van der Waals surface area contributed by atoms with Crippen molar-refractivity contribution in [1.82, 2.24) is 10.6 Å². The van der Waals surface area contributed by atoms with Gasteiger partial charge in [-0.15, -0.1) is 0 Å². The molecule has 0 aliphatic carbocycles. The molecule has 2 N–H and O–H groups in total. The first-order valence-corrected chi connectivity index (χ1v) is 7.68. The molecule has 2 heterocycles. The molecule has 1 fully saturated rings. The summed E-state index contributed by atoms with van der Waals surface area (Å²) in [6.07, 6.45) is 5.94. The third-order valence-electron chi connectivity index (χ3n) is 4.18. The van der Waals surface area contributed by atoms with Crippen LogP contribution in [0, 0.1) is 11.3 Å². The zero-order valence-corrected chi connectivity index (χ0v) is 12.9. The Labute approximate surface area is 118 Å². The third-order valence-corrected chi connectivity index (χ3v) is 4.18. The van der Waals surface area contributed by atoms with E-state index in [1.54, 1.807) is 0 Å². The van der Waals surface area contributed by atoms with Crippen LogP contribution in [0.3, 0.4) is 0 Å². The minimum atomic E-state index is 0.256. The first-order valence-electron chi connectivity index (χ1n) is 7.68. The van der Waals surface area contributed by atoms with Gasteiger partial charge in [-0.2, -0.15) is 0 Å². The van der Waals surface area contributed by atoms with Crippen LogP contribution < -0.4 is 10.6 Å². The van der Waals surface area contributed by atoms with Gasteiger partial charge in [0.15, 0.2) is 0 Å². The van der Waals surface area contributed by atoms with E-state index in [1.165, 1.54) is 18.4 Å². The zero-order valence-electron chi connectivity index (χ0n) is 12.9. The van der Waals surface area contributed by atoms with Crippen LogP contribution in [0.2, 0.25) is 0 Å². The summed E-state index contributed by atoms with van der Waals surface area (Å²) in [4.78, 5) is 4.74. The highest BCUT2D eigenvalue weighted by molar-refractivity contribution is 5.94. The average molecular weight is 263 g/mol. The van der Waals surface area contributed by atoms with Crippen LogP contribution in [-0.2, 0) is 0 Å². The fraction of sp³-hybridized carbons (Fsp3) is 0.812. The molecule has 2 aliphatic heterocycles. The summed E-state index contributed by atoms with van der Waals surface area (Å²) in [5.41, 5.74) is 1.77. The van der Waals surface area contributed by atoms with Gasteiger partial charge in [0.05, 0.1) is 6.04 Å². The Morgan fingerprint density at radius 3 is 2.63 bits per heavy atom. The first kappa shape index (κ1) is 14.6. The van der Waals surface area contributed by atoms with Crippen molar-refractivity contribution in [2.75, 3.05) is 19.6 Å². The van der Waals surface area contributed by atoms with Crippen molar-refractivity contribution in [2.45, 2.75) is 53.0 Å². The molecule has 0 saturated carbocycles. The Balaban J connectivity index is 1.93. The number of dihydropyridines is 1. The second-order valence-corrected chi connectivity index (χ2v) is 7.06. The Bertz CT molecular complexity index is 357. The lowest BCUT2D eigenvalue weighted by Crippen LogP contribution is -2.37. The summed E-state index contributed by atoms with van der Waals surface area (Å²) in [7, 11) is 0. The van der Waals surface area contributed by atoms with Crippen molar-refractivity contribution < 1.29 is 0 Å². The molecule has 1 saturated heterocycles. The van der Waals surface area contributed by atoms with Crippen molar-refractivity contribution in [3.63, 3.8) is 0 Å². The normalized spacial score (nSPS) is 25.8. The van der Waals surface area contributed by atoms with Crippen molar-refractivity contribution in [1.29, 1.82) is 0 Å². The lowest BCUT2D eigenvalue weighted by atomic mass is 9.81. The molecule has 0 radical (unpaired) electrons. The molecule has 0 bridgehead atoms. The molecular weight excluding hydrogens is 234 g/mol. The maximum Gasteiger partial charge on any atom is 0.121 e. The molecule has 1 atom stereocenters. The van der Waals surface area contributed by atoms with Crippen LogP contribution >= 0.6 is 0 Å². The molecule has 19 heavy (non-hydrogen) atoms. The highest BCUT2D eigenvalue weighted by Crippen LogP contribution is 2.31. The highest BCUT2D eigenvalue weighted by Gasteiger charge is 2.23. The Kier molecular flexibility index (Phi) is 4.67. The third kappa shape index (κ3) is 4.34. The summed E-state index contributed by atoms with van der Waals surface area (Å²) in [5, 5.41) is 6.99. The molecule has 2 aliphatic rings. The van der Waals surface area contributed by atoms with E-state index in [-0.39, 0.29) is 5.41 Å². The van der Waals surface area contributed by atoms with E-state index in [2.05, 4.69) is 44.4 Å². The van der Waals surface area contributed by atoms with Gasteiger partial charge >= 0.3 is 0 Å². The van der Waals surface area contributed by atoms with Crippen molar-refractivity contribution in [3.05, 3.63) is 11.6 Å². The maximum atomic E-state index is 4.74. The van der Waals surface area contributed by atoms with E-state index in [0.717, 1.165) is 37.8 Å². The van der Waals surface area contributed by atoms with Gasteiger partial charge < -0.3 is 10.6 Å². The standard InChI is InChI=1S/C16H29N3/c1-12-9-14(16(2,3)4)10-15(19-12)18-11-13-5-7-17-8-6-13/h10,12-13,17H,5-9,11H2,1-4H3,(H,18,19). The molecule has 0 spiro atoms. The number of rotatable bonds is 2. The largest absolute Gasteiger partial charge is 0.370 e. The van der Waals surface area contributed by atoms with E-state index in [9.17, 15) is 0 Å². The zero-order chi connectivity index (χ0) is 13.9. The first-order chi connectivity index (χ1) is 8.95. The molecule has 0 aromatic carbocycles. The number of hydrogen-bond donors (Lipinski definition) is 2. The average Bonchev–Trinajstić information content (AvgIpc) is 2.36. The van der Waals surface area contributed by atoms with Crippen molar-refractivity contribution in [2.24, 2.45) is 16.3 Å². The summed E-state index contributed by atoms with van der Waals surface area (Å²) < 4.78 is 0. The summed E-state index contributed by atoms with van der Waals surface area (Å²) in [5.74, 6) is 1.90. The van der Waals surface area contributed by atoms with Crippen LogP contribution in [0.25, 0.3) is 0 Å². The Morgan fingerprint density at radius 1 is 1.32 bits per heavy atom.